The topological polar surface area (TPSA) is 69.9 Å². The van der Waals surface area contributed by atoms with Crippen molar-refractivity contribution >= 4 is 28.1 Å². The lowest BCUT2D eigenvalue weighted by molar-refractivity contribution is -0.111. The fraction of sp³-hybridized carbons (Fsp3) is 0.233. The van der Waals surface area contributed by atoms with Gasteiger partial charge in [-0.25, -0.2) is 0 Å². The van der Waals surface area contributed by atoms with E-state index in [1.165, 1.54) is 0 Å². The molecule has 0 saturated carbocycles. The number of carbonyl (C=O) groups is 1. The number of hydrogen-bond donors (Lipinski definition) is 1. The lowest BCUT2D eigenvalue weighted by atomic mass is 9.96. The number of anilines is 1. The number of allylic oxidation sites excluding steroid dienone is 1. The van der Waals surface area contributed by atoms with E-state index in [4.69, 9.17) is 18.6 Å². The van der Waals surface area contributed by atoms with Crippen LogP contribution < -0.4 is 19.5 Å². The molecule has 0 aliphatic carbocycles. The molecular formula is C30H31NO5. The Morgan fingerprint density at radius 1 is 0.917 bits per heavy atom. The molecule has 0 spiro atoms. The van der Waals surface area contributed by atoms with Gasteiger partial charge in [0, 0.05) is 33.8 Å². The summed E-state index contributed by atoms with van der Waals surface area (Å²) in [4.78, 5) is 12.9. The number of nitrogens with one attached hydrogen (secondary N) is 1. The molecule has 6 heteroatoms. The van der Waals surface area contributed by atoms with Crippen molar-refractivity contribution in [2.75, 3.05) is 26.6 Å². The molecule has 0 aliphatic rings. The summed E-state index contributed by atoms with van der Waals surface area (Å²) < 4.78 is 22.6. The van der Waals surface area contributed by atoms with Crippen LogP contribution in [-0.2, 0) is 4.79 Å². The fourth-order valence-electron chi connectivity index (χ4n) is 4.50. The first kappa shape index (κ1) is 24.9. The maximum absolute atomic E-state index is 12.9. The molecule has 1 N–H and O–H groups in total. The van der Waals surface area contributed by atoms with Gasteiger partial charge in [-0.05, 0) is 68.7 Å². The van der Waals surface area contributed by atoms with Gasteiger partial charge in [0.05, 0.1) is 27.6 Å². The van der Waals surface area contributed by atoms with Crippen molar-refractivity contribution in [3.63, 3.8) is 0 Å². The van der Waals surface area contributed by atoms with Gasteiger partial charge in [0.1, 0.15) is 11.3 Å². The fourth-order valence-corrected chi connectivity index (χ4v) is 4.50. The Bertz CT molecular complexity index is 1480. The van der Waals surface area contributed by atoms with Gasteiger partial charge in [-0.2, -0.15) is 0 Å². The van der Waals surface area contributed by atoms with E-state index >= 15 is 0 Å². The zero-order chi connectivity index (χ0) is 26.0. The highest BCUT2D eigenvalue weighted by molar-refractivity contribution is 6.06. The first-order chi connectivity index (χ1) is 17.3. The highest BCUT2D eigenvalue weighted by atomic mass is 16.5. The number of fused-ring (bicyclic) bond motifs is 1. The summed E-state index contributed by atoms with van der Waals surface area (Å²) in [5.74, 6) is 1.76. The molecule has 1 heterocycles. The molecule has 1 amide bonds. The molecule has 1 aromatic heterocycles. The Hall–Kier alpha value is -4.19. The maximum atomic E-state index is 12.9. The van der Waals surface area contributed by atoms with E-state index in [0.29, 0.717) is 17.2 Å². The van der Waals surface area contributed by atoms with E-state index in [9.17, 15) is 4.79 Å². The number of hydrogen-bond acceptors (Lipinski definition) is 5. The maximum Gasteiger partial charge on any atom is 0.248 e. The van der Waals surface area contributed by atoms with Crippen LogP contribution in [0.5, 0.6) is 17.2 Å². The predicted molar refractivity (Wildman–Crippen MR) is 144 cm³/mol. The van der Waals surface area contributed by atoms with Gasteiger partial charge < -0.3 is 23.9 Å². The van der Waals surface area contributed by atoms with Crippen molar-refractivity contribution in [1.82, 2.24) is 0 Å². The third kappa shape index (κ3) is 4.67. The first-order valence-corrected chi connectivity index (χ1v) is 11.7. The SMILES string of the molecule is COc1ccc(-c2coc3c(C)c(OC)c(/C(C)=C/C(=O)Nc4ccc(C)cc4C)cc23)cc1OC. The summed E-state index contributed by atoms with van der Waals surface area (Å²) in [5.41, 5.74) is 7.98. The number of ether oxygens (including phenoxy) is 3. The number of carbonyl (C=O) groups excluding carboxylic acids is 1. The zero-order valence-electron chi connectivity index (χ0n) is 21.7. The van der Waals surface area contributed by atoms with E-state index in [1.54, 1.807) is 33.7 Å². The summed E-state index contributed by atoms with van der Waals surface area (Å²) in [7, 11) is 4.84. The lowest BCUT2D eigenvalue weighted by Gasteiger charge is -2.14. The van der Waals surface area contributed by atoms with E-state index in [-0.39, 0.29) is 5.91 Å². The van der Waals surface area contributed by atoms with Gasteiger partial charge >= 0.3 is 0 Å². The first-order valence-electron chi connectivity index (χ1n) is 11.7. The predicted octanol–water partition coefficient (Wildman–Crippen LogP) is 7.09. The molecule has 0 saturated heterocycles. The van der Waals surface area contributed by atoms with E-state index in [0.717, 1.165) is 55.6 Å². The van der Waals surface area contributed by atoms with Crippen molar-refractivity contribution < 1.29 is 23.4 Å². The standard InChI is InChI=1S/C30H31NO5/c1-17-8-10-25(19(3)12-17)31-28(32)13-18(2)22-15-23-24(16-36-30(23)20(4)29(22)35-7)21-9-11-26(33-5)27(14-21)34-6/h8-16H,1-7H3,(H,31,32)/b18-13+. The third-order valence-corrected chi connectivity index (χ3v) is 6.35. The van der Waals surface area contributed by atoms with Crippen LogP contribution in [-0.4, -0.2) is 27.2 Å². The second-order valence-corrected chi connectivity index (χ2v) is 8.81. The molecule has 0 atom stereocenters. The molecular weight excluding hydrogens is 454 g/mol. The molecule has 186 valence electrons. The van der Waals surface area contributed by atoms with E-state index < -0.39 is 0 Å². The van der Waals surface area contributed by atoms with Gasteiger partial charge in [-0.1, -0.05) is 23.8 Å². The molecule has 0 aliphatic heterocycles. The highest BCUT2D eigenvalue weighted by Gasteiger charge is 2.19. The Kier molecular flexibility index (Phi) is 7.06. The van der Waals surface area contributed by atoms with Gasteiger partial charge in [0.2, 0.25) is 5.91 Å². The molecule has 0 radical (unpaired) electrons. The van der Waals surface area contributed by atoms with Crippen molar-refractivity contribution in [1.29, 1.82) is 0 Å². The van der Waals surface area contributed by atoms with E-state index in [2.05, 4.69) is 5.32 Å². The molecule has 3 aromatic carbocycles. The van der Waals surface area contributed by atoms with Crippen LogP contribution in [0.4, 0.5) is 5.69 Å². The van der Waals surface area contributed by atoms with E-state index in [1.807, 2.05) is 70.2 Å². The second kappa shape index (κ2) is 10.2. The van der Waals surface area contributed by atoms with Crippen molar-refractivity contribution in [2.24, 2.45) is 0 Å². The number of furan rings is 1. The number of benzene rings is 3. The van der Waals surface area contributed by atoms with Crippen molar-refractivity contribution in [3.05, 3.63) is 77.1 Å². The third-order valence-electron chi connectivity index (χ3n) is 6.35. The van der Waals surface area contributed by atoms with Crippen LogP contribution in [0.2, 0.25) is 0 Å². The monoisotopic (exact) mass is 485 g/mol. The molecule has 4 aromatic rings. The normalized spacial score (nSPS) is 11.5. The molecule has 36 heavy (non-hydrogen) atoms. The van der Waals surface area contributed by atoms with Crippen LogP contribution in [0.25, 0.3) is 27.7 Å². The molecule has 0 bridgehead atoms. The average molecular weight is 486 g/mol. The largest absolute Gasteiger partial charge is 0.496 e. The number of amides is 1. The van der Waals surface area contributed by atoms with Crippen LogP contribution in [0.3, 0.4) is 0 Å². The number of rotatable bonds is 7. The Labute approximate surface area is 211 Å². The smallest absolute Gasteiger partial charge is 0.248 e. The Balaban J connectivity index is 1.77. The summed E-state index contributed by atoms with van der Waals surface area (Å²) >= 11 is 0. The minimum Gasteiger partial charge on any atom is -0.496 e. The zero-order valence-corrected chi connectivity index (χ0v) is 21.7. The number of methoxy groups -OCH3 is 3. The van der Waals surface area contributed by atoms with Crippen LogP contribution >= 0.6 is 0 Å². The van der Waals surface area contributed by atoms with Gasteiger partial charge in [-0.3, -0.25) is 4.79 Å². The van der Waals surface area contributed by atoms with Crippen molar-refractivity contribution in [3.8, 4) is 28.4 Å². The van der Waals surface area contributed by atoms with Crippen LogP contribution in [0.1, 0.15) is 29.2 Å². The van der Waals surface area contributed by atoms with Gasteiger partial charge in [0.15, 0.2) is 11.5 Å². The van der Waals surface area contributed by atoms with Gasteiger partial charge in [0.25, 0.3) is 0 Å². The average Bonchev–Trinajstić information content (AvgIpc) is 3.29. The Morgan fingerprint density at radius 2 is 1.67 bits per heavy atom. The summed E-state index contributed by atoms with van der Waals surface area (Å²) in [6.07, 6.45) is 3.33. The van der Waals surface area contributed by atoms with Crippen molar-refractivity contribution in [2.45, 2.75) is 27.7 Å². The summed E-state index contributed by atoms with van der Waals surface area (Å²) in [6, 6.07) is 13.7. The summed E-state index contributed by atoms with van der Waals surface area (Å²) in [6.45, 7) is 7.87. The highest BCUT2D eigenvalue weighted by Crippen LogP contribution is 2.42. The molecule has 6 nitrogen and oxygen atoms in total. The van der Waals surface area contributed by atoms with Gasteiger partial charge in [-0.15, -0.1) is 0 Å². The quantitative estimate of drug-likeness (QED) is 0.283. The second-order valence-electron chi connectivity index (χ2n) is 8.81. The Morgan fingerprint density at radius 3 is 2.33 bits per heavy atom. The van der Waals surface area contributed by atoms with Crippen LogP contribution in [0.15, 0.2) is 59.2 Å². The van der Waals surface area contributed by atoms with Crippen LogP contribution in [0, 0.1) is 20.8 Å². The minimum atomic E-state index is -0.202. The molecule has 0 unspecified atom stereocenters. The number of aryl methyl sites for hydroxylation is 3. The summed E-state index contributed by atoms with van der Waals surface area (Å²) in [5, 5.41) is 3.90. The molecule has 0 fully saturated rings. The lowest BCUT2D eigenvalue weighted by Crippen LogP contribution is -2.10. The minimum absolute atomic E-state index is 0.202. The molecule has 4 rings (SSSR count).